The summed E-state index contributed by atoms with van der Waals surface area (Å²) in [5.74, 6) is 1.61. The Morgan fingerprint density at radius 1 is 1.24 bits per heavy atom. The highest BCUT2D eigenvalue weighted by Gasteiger charge is 2.22. The highest BCUT2D eigenvalue weighted by atomic mass is 15.2. The second kappa shape index (κ2) is 8.10. The molecule has 2 unspecified atom stereocenters. The van der Waals surface area contributed by atoms with E-state index in [0.29, 0.717) is 0 Å². The van der Waals surface area contributed by atoms with E-state index in [-0.39, 0.29) is 0 Å². The lowest BCUT2D eigenvalue weighted by Crippen LogP contribution is -2.47. The van der Waals surface area contributed by atoms with Crippen molar-refractivity contribution in [3.63, 3.8) is 0 Å². The number of rotatable bonds is 7. The molecule has 0 radical (unpaired) electrons. The molecule has 0 aliphatic carbocycles. The highest BCUT2D eigenvalue weighted by molar-refractivity contribution is 4.79. The smallest absolute Gasteiger partial charge is 0.0220 e. The van der Waals surface area contributed by atoms with E-state index >= 15 is 0 Å². The van der Waals surface area contributed by atoms with Gasteiger partial charge in [-0.05, 0) is 37.8 Å². The molecule has 102 valence electrons. The number of likely N-dealkylation sites (tertiary alicyclic amines) is 1. The van der Waals surface area contributed by atoms with Gasteiger partial charge in [0, 0.05) is 19.1 Å². The van der Waals surface area contributed by atoms with Gasteiger partial charge in [-0.25, -0.2) is 0 Å². The van der Waals surface area contributed by atoms with Crippen molar-refractivity contribution >= 4 is 0 Å². The summed E-state index contributed by atoms with van der Waals surface area (Å²) in [4.78, 5) is 2.73. The van der Waals surface area contributed by atoms with Crippen LogP contribution in [0.5, 0.6) is 0 Å². The Balaban J connectivity index is 2.31. The van der Waals surface area contributed by atoms with E-state index in [4.69, 9.17) is 0 Å². The van der Waals surface area contributed by atoms with Crippen molar-refractivity contribution in [3.05, 3.63) is 0 Å². The normalized spacial score (nSPS) is 24.2. The van der Waals surface area contributed by atoms with Crippen LogP contribution >= 0.6 is 0 Å². The van der Waals surface area contributed by atoms with Crippen LogP contribution in [0, 0.1) is 11.8 Å². The maximum absolute atomic E-state index is 3.63. The monoisotopic (exact) mass is 240 g/mol. The minimum Gasteiger partial charge on any atom is -0.315 e. The second-order valence-electron chi connectivity index (χ2n) is 6.21. The van der Waals surface area contributed by atoms with Crippen LogP contribution < -0.4 is 5.32 Å². The first-order valence-corrected chi connectivity index (χ1v) is 7.58. The third kappa shape index (κ3) is 5.87. The molecular weight excluding hydrogens is 208 g/mol. The number of nitrogens with zero attached hydrogens (tertiary/aromatic N) is 1. The van der Waals surface area contributed by atoms with Gasteiger partial charge in [0.2, 0.25) is 0 Å². The van der Waals surface area contributed by atoms with Crippen LogP contribution in [-0.4, -0.2) is 37.1 Å². The Morgan fingerprint density at radius 2 is 2.00 bits per heavy atom. The molecule has 1 rings (SSSR count). The van der Waals surface area contributed by atoms with Gasteiger partial charge in [-0.3, -0.25) is 4.90 Å². The topological polar surface area (TPSA) is 15.3 Å². The van der Waals surface area contributed by atoms with Crippen LogP contribution in [-0.2, 0) is 0 Å². The largest absolute Gasteiger partial charge is 0.315 e. The standard InChI is InChI=1S/C15H32N2/c1-5-14(4)12-17-9-7-6-8-15(17)11-16-10-13(2)3/h13-16H,5-12H2,1-4H3. The fraction of sp³-hybridized carbons (Fsp3) is 1.00. The first kappa shape index (κ1) is 15.0. The minimum atomic E-state index is 0.765. The molecule has 2 heteroatoms. The summed E-state index contributed by atoms with van der Waals surface area (Å²) >= 11 is 0. The number of nitrogens with one attached hydrogen (secondary N) is 1. The third-order valence-corrected chi connectivity index (χ3v) is 3.92. The molecule has 0 bridgehead atoms. The molecule has 0 aromatic heterocycles. The molecule has 2 atom stereocenters. The van der Waals surface area contributed by atoms with Crippen LogP contribution in [0.2, 0.25) is 0 Å². The van der Waals surface area contributed by atoms with Gasteiger partial charge >= 0.3 is 0 Å². The number of hydrogen-bond donors (Lipinski definition) is 1. The van der Waals surface area contributed by atoms with E-state index < -0.39 is 0 Å². The molecule has 1 N–H and O–H groups in total. The Bertz CT molecular complexity index is 191. The van der Waals surface area contributed by atoms with Crippen molar-refractivity contribution in [2.24, 2.45) is 11.8 Å². The van der Waals surface area contributed by atoms with E-state index in [2.05, 4.69) is 37.9 Å². The predicted molar refractivity (Wildman–Crippen MR) is 76.4 cm³/mol. The van der Waals surface area contributed by atoms with Crippen molar-refractivity contribution in [1.29, 1.82) is 0 Å². The van der Waals surface area contributed by atoms with E-state index in [1.54, 1.807) is 0 Å². The van der Waals surface area contributed by atoms with Gasteiger partial charge in [-0.2, -0.15) is 0 Å². The van der Waals surface area contributed by atoms with Gasteiger partial charge in [0.25, 0.3) is 0 Å². The van der Waals surface area contributed by atoms with Gasteiger partial charge in [-0.1, -0.05) is 40.5 Å². The SMILES string of the molecule is CCC(C)CN1CCCCC1CNCC(C)C. The first-order valence-electron chi connectivity index (χ1n) is 7.58. The molecule has 0 spiro atoms. The molecule has 0 aromatic rings. The first-order chi connectivity index (χ1) is 8.13. The average molecular weight is 240 g/mol. The molecule has 0 saturated carbocycles. The molecule has 1 heterocycles. The Morgan fingerprint density at radius 3 is 2.65 bits per heavy atom. The summed E-state index contributed by atoms with van der Waals surface area (Å²) < 4.78 is 0. The van der Waals surface area contributed by atoms with E-state index in [0.717, 1.165) is 24.4 Å². The maximum Gasteiger partial charge on any atom is 0.0220 e. The van der Waals surface area contributed by atoms with Crippen molar-refractivity contribution < 1.29 is 0 Å². The van der Waals surface area contributed by atoms with Gasteiger partial charge in [0.05, 0.1) is 0 Å². The lowest BCUT2D eigenvalue weighted by atomic mass is 9.99. The van der Waals surface area contributed by atoms with Crippen LogP contribution in [0.4, 0.5) is 0 Å². The average Bonchev–Trinajstić information content (AvgIpc) is 2.30. The lowest BCUT2D eigenvalue weighted by molar-refractivity contribution is 0.125. The van der Waals surface area contributed by atoms with E-state index in [1.165, 1.54) is 45.3 Å². The van der Waals surface area contributed by atoms with E-state index in [9.17, 15) is 0 Å². The second-order valence-corrected chi connectivity index (χ2v) is 6.21. The van der Waals surface area contributed by atoms with Crippen LogP contribution in [0.15, 0.2) is 0 Å². The zero-order valence-corrected chi connectivity index (χ0v) is 12.3. The molecule has 17 heavy (non-hydrogen) atoms. The molecule has 2 nitrogen and oxygen atoms in total. The van der Waals surface area contributed by atoms with Crippen molar-refractivity contribution in [2.75, 3.05) is 26.2 Å². The summed E-state index contributed by atoms with van der Waals surface area (Å²) in [6.45, 7) is 14.2. The molecular formula is C15H32N2. The summed E-state index contributed by atoms with van der Waals surface area (Å²) in [5, 5.41) is 3.63. The molecule has 1 fully saturated rings. The van der Waals surface area contributed by atoms with Crippen molar-refractivity contribution in [2.45, 2.75) is 59.4 Å². The zero-order chi connectivity index (χ0) is 12.7. The summed E-state index contributed by atoms with van der Waals surface area (Å²) in [6.07, 6.45) is 5.52. The zero-order valence-electron chi connectivity index (χ0n) is 12.3. The van der Waals surface area contributed by atoms with Crippen LogP contribution in [0.25, 0.3) is 0 Å². The molecule has 0 amide bonds. The molecule has 1 saturated heterocycles. The minimum absolute atomic E-state index is 0.765. The molecule has 0 aromatic carbocycles. The van der Waals surface area contributed by atoms with E-state index in [1.807, 2.05) is 0 Å². The van der Waals surface area contributed by atoms with Gasteiger partial charge in [0.15, 0.2) is 0 Å². The summed E-state index contributed by atoms with van der Waals surface area (Å²) in [7, 11) is 0. The molecule has 1 aliphatic rings. The van der Waals surface area contributed by atoms with Crippen LogP contribution in [0.3, 0.4) is 0 Å². The fourth-order valence-electron chi connectivity index (χ4n) is 2.60. The number of piperidine rings is 1. The Kier molecular flexibility index (Phi) is 7.14. The number of hydrogen-bond acceptors (Lipinski definition) is 2. The van der Waals surface area contributed by atoms with Crippen LogP contribution in [0.1, 0.15) is 53.4 Å². The van der Waals surface area contributed by atoms with Crippen molar-refractivity contribution in [3.8, 4) is 0 Å². The summed E-state index contributed by atoms with van der Waals surface area (Å²) in [5.41, 5.74) is 0. The molecule has 1 aliphatic heterocycles. The van der Waals surface area contributed by atoms with Gasteiger partial charge in [-0.15, -0.1) is 0 Å². The predicted octanol–water partition coefficient (Wildman–Crippen LogP) is 3.13. The fourth-order valence-corrected chi connectivity index (χ4v) is 2.60. The lowest BCUT2D eigenvalue weighted by Gasteiger charge is -2.37. The summed E-state index contributed by atoms with van der Waals surface area (Å²) in [6, 6.07) is 0.788. The van der Waals surface area contributed by atoms with Gasteiger partial charge in [0.1, 0.15) is 0 Å². The Hall–Kier alpha value is -0.0800. The maximum atomic E-state index is 3.63. The van der Waals surface area contributed by atoms with Gasteiger partial charge < -0.3 is 5.32 Å². The quantitative estimate of drug-likeness (QED) is 0.735. The highest BCUT2D eigenvalue weighted by Crippen LogP contribution is 2.18. The van der Waals surface area contributed by atoms with Crippen molar-refractivity contribution in [1.82, 2.24) is 10.2 Å². The third-order valence-electron chi connectivity index (χ3n) is 3.92. The Labute approximate surface area is 108 Å².